The SMILES string of the molecule is CC(=O)C1=COCC1.II. The Hall–Kier alpha value is 0.670. The maximum atomic E-state index is 10.5. The number of halogens is 2. The Morgan fingerprint density at radius 3 is 2.50 bits per heavy atom. The average molecular weight is 366 g/mol. The van der Waals surface area contributed by atoms with Crippen LogP contribution in [-0.2, 0) is 9.53 Å². The fraction of sp³-hybridized carbons (Fsp3) is 0.500. The second-order valence-corrected chi connectivity index (χ2v) is 1.82. The number of hydrogen-bond acceptors (Lipinski definition) is 2. The van der Waals surface area contributed by atoms with E-state index < -0.39 is 0 Å². The molecule has 4 heteroatoms. The number of Topliss-reactive ketones (excluding diaryl/α,β-unsaturated/α-hetero) is 1. The molecule has 0 amide bonds. The predicted molar refractivity (Wildman–Crippen MR) is 57.4 cm³/mol. The van der Waals surface area contributed by atoms with E-state index in [1.54, 1.807) is 13.2 Å². The van der Waals surface area contributed by atoms with Gasteiger partial charge in [0.05, 0.1) is 12.9 Å². The molecule has 0 saturated heterocycles. The number of rotatable bonds is 1. The summed E-state index contributed by atoms with van der Waals surface area (Å²) in [6.45, 7) is 2.23. The van der Waals surface area contributed by atoms with Gasteiger partial charge in [-0.05, 0) is 6.92 Å². The number of carbonyl (C=O) groups is 1. The molecule has 10 heavy (non-hydrogen) atoms. The lowest BCUT2D eigenvalue weighted by atomic mass is 10.2. The first kappa shape index (κ1) is 10.7. The van der Waals surface area contributed by atoms with Crippen molar-refractivity contribution in [3.63, 3.8) is 0 Å². The van der Waals surface area contributed by atoms with Crippen LogP contribution in [0.3, 0.4) is 0 Å². The van der Waals surface area contributed by atoms with E-state index in [-0.39, 0.29) is 5.78 Å². The first-order valence-corrected chi connectivity index (χ1v) is 9.05. The van der Waals surface area contributed by atoms with Crippen LogP contribution in [0.5, 0.6) is 0 Å². The molecule has 0 bridgehead atoms. The highest BCUT2D eigenvalue weighted by Crippen LogP contribution is 2.09. The largest absolute Gasteiger partial charge is 0.500 e. The van der Waals surface area contributed by atoms with E-state index in [0.29, 0.717) is 6.61 Å². The number of ether oxygens (including phenoxy) is 1. The van der Waals surface area contributed by atoms with Crippen molar-refractivity contribution in [2.45, 2.75) is 13.3 Å². The van der Waals surface area contributed by atoms with Gasteiger partial charge in [-0.3, -0.25) is 4.79 Å². The molecule has 2 nitrogen and oxygen atoms in total. The van der Waals surface area contributed by atoms with Gasteiger partial charge in [0.15, 0.2) is 5.78 Å². The number of carbonyl (C=O) groups excluding carboxylic acids is 1. The lowest BCUT2D eigenvalue weighted by Crippen LogP contribution is -1.92. The third-order valence-corrected chi connectivity index (χ3v) is 1.17. The Morgan fingerprint density at radius 2 is 2.30 bits per heavy atom. The van der Waals surface area contributed by atoms with Crippen molar-refractivity contribution >= 4 is 43.0 Å². The number of hydrogen-bond donors (Lipinski definition) is 0. The minimum absolute atomic E-state index is 0.127. The third-order valence-electron chi connectivity index (χ3n) is 1.17. The van der Waals surface area contributed by atoms with Gasteiger partial charge in [0, 0.05) is 49.2 Å². The van der Waals surface area contributed by atoms with Crippen LogP contribution in [0.2, 0.25) is 0 Å². The van der Waals surface area contributed by atoms with E-state index in [9.17, 15) is 4.79 Å². The van der Waals surface area contributed by atoms with Crippen molar-refractivity contribution in [1.29, 1.82) is 0 Å². The first-order chi connectivity index (χ1) is 4.80. The van der Waals surface area contributed by atoms with Crippen LogP contribution in [0.25, 0.3) is 0 Å². The topological polar surface area (TPSA) is 26.3 Å². The lowest BCUT2D eigenvalue weighted by molar-refractivity contribution is -0.113. The summed E-state index contributed by atoms with van der Waals surface area (Å²) in [6, 6.07) is 0. The monoisotopic (exact) mass is 366 g/mol. The molecule has 0 aromatic carbocycles. The summed E-state index contributed by atoms with van der Waals surface area (Å²) in [4.78, 5) is 10.5. The first-order valence-electron chi connectivity index (χ1n) is 2.76. The quantitative estimate of drug-likeness (QED) is 0.668. The molecule has 0 aromatic heterocycles. The molecule has 1 rings (SSSR count). The third kappa shape index (κ3) is 3.75. The van der Waals surface area contributed by atoms with Gasteiger partial charge in [-0.25, -0.2) is 0 Å². The normalized spacial score (nSPS) is 14.5. The van der Waals surface area contributed by atoms with Gasteiger partial charge in [0.2, 0.25) is 0 Å². The van der Waals surface area contributed by atoms with E-state index >= 15 is 0 Å². The maximum Gasteiger partial charge on any atom is 0.158 e. The molecule has 0 aliphatic carbocycles. The molecule has 1 aliphatic rings. The smallest absolute Gasteiger partial charge is 0.158 e. The van der Waals surface area contributed by atoms with Crippen LogP contribution in [0.15, 0.2) is 11.8 Å². The molecule has 0 atom stereocenters. The van der Waals surface area contributed by atoms with E-state index in [4.69, 9.17) is 4.74 Å². The van der Waals surface area contributed by atoms with Crippen LogP contribution in [0.4, 0.5) is 0 Å². The highest BCUT2D eigenvalue weighted by Gasteiger charge is 2.08. The van der Waals surface area contributed by atoms with E-state index in [2.05, 4.69) is 37.2 Å². The van der Waals surface area contributed by atoms with E-state index in [0.717, 1.165) is 12.0 Å². The molecule has 0 N–H and O–H groups in total. The van der Waals surface area contributed by atoms with Crippen molar-refractivity contribution in [2.75, 3.05) is 6.61 Å². The van der Waals surface area contributed by atoms with Crippen molar-refractivity contribution < 1.29 is 9.53 Å². The zero-order valence-electron chi connectivity index (χ0n) is 5.56. The molecule has 1 heterocycles. The van der Waals surface area contributed by atoms with Gasteiger partial charge < -0.3 is 4.74 Å². The Bertz CT molecular complexity index is 143. The van der Waals surface area contributed by atoms with Crippen molar-refractivity contribution in [3.8, 4) is 0 Å². The summed E-state index contributed by atoms with van der Waals surface area (Å²) < 4.78 is 4.84. The lowest BCUT2D eigenvalue weighted by Gasteiger charge is -1.85. The molecular weight excluding hydrogens is 358 g/mol. The predicted octanol–water partition coefficient (Wildman–Crippen LogP) is 2.65. The molecule has 0 fully saturated rings. The summed E-state index contributed by atoms with van der Waals surface area (Å²) in [5.41, 5.74) is 0.810. The van der Waals surface area contributed by atoms with E-state index in [1.807, 2.05) is 0 Å². The van der Waals surface area contributed by atoms with Crippen LogP contribution in [0, 0.1) is 0 Å². The van der Waals surface area contributed by atoms with Crippen LogP contribution < -0.4 is 0 Å². The summed E-state index contributed by atoms with van der Waals surface area (Å²) in [6.07, 6.45) is 2.33. The molecular formula is C6H8I2O2. The molecule has 58 valence electrons. The van der Waals surface area contributed by atoms with Gasteiger partial charge in [0.1, 0.15) is 0 Å². The Labute approximate surface area is 83.7 Å². The molecule has 0 saturated carbocycles. The summed E-state index contributed by atoms with van der Waals surface area (Å²) in [5.74, 6) is 0.127. The van der Waals surface area contributed by atoms with Crippen LogP contribution >= 0.6 is 37.2 Å². The summed E-state index contributed by atoms with van der Waals surface area (Å²) in [5, 5.41) is 0. The fourth-order valence-electron chi connectivity index (χ4n) is 0.646. The van der Waals surface area contributed by atoms with Crippen LogP contribution in [0.1, 0.15) is 13.3 Å². The Balaban J connectivity index is 0.000000371. The van der Waals surface area contributed by atoms with Gasteiger partial charge in [-0.2, -0.15) is 0 Å². The Morgan fingerprint density at radius 1 is 1.70 bits per heavy atom. The molecule has 0 unspecified atom stereocenters. The summed E-state index contributed by atoms with van der Waals surface area (Å²) in [7, 11) is 0. The molecule has 0 aromatic rings. The zero-order chi connectivity index (χ0) is 7.98. The second kappa shape index (κ2) is 6.38. The minimum Gasteiger partial charge on any atom is -0.500 e. The second-order valence-electron chi connectivity index (χ2n) is 1.82. The highest BCUT2D eigenvalue weighted by molar-refractivity contribution is 15.0. The van der Waals surface area contributed by atoms with Crippen molar-refractivity contribution in [2.24, 2.45) is 0 Å². The van der Waals surface area contributed by atoms with Gasteiger partial charge in [0.25, 0.3) is 0 Å². The molecule has 1 aliphatic heterocycles. The average Bonchev–Trinajstić information content (AvgIpc) is 2.42. The van der Waals surface area contributed by atoms with Gasteiger partial charge in [-0.15, -0.1) is 0 Å². The standard InChI is InChI=1S/C6H8O2.I2/c1-5(7)6-2-3-8-4-6;1-2/h4H,2-3H2,1H3;. The summed E-state index contributed by atoms with van der Waals surface area (Å²) >= 11 is 4.24. The maximum absolute atomic E-state index is 10.5. The zero-order valence-corrected chi connectivity index (χ0v) is 9.88. The highest BCUT2D eigenvalue weighted by atomic mass is 128. The van der Waals surface area contributed by atoms with Gasteiger partial charge >= 0.3 is 0 Å². The van der Waals surface area contributed by atoms with Crippen molar-refractivity contribution in [1.82, 2.24) is 0 Å². The fourth-order valence-corrected chi connectivity index (χ4v) is 0.646. The van der Waals surface area contributed by atoms with Crippen molar-refractivity contribution in [3.05, 3.63) is 11.8 Å². The van der Waals surface area contributed by atoms with Gasteiger partial charge in [-0.1, -0.05) is 0 Å². The number of ketones is 1. The Kier molecular flexibility index (Phi) is 6.81. The minimum atomic E-state index is 0.127. The molecule has 0 spiro atoms. The van der Waals surface area contributed by atoms with Crippen LogP contribution in [-0.4, -0.2) is 12.4 Å². The molecule has 0 radical (unpaired) electrons. The van der Waals surface area contributed by atoms with E-state index in [1.165, 1.54) is 0 Å².